The number of aromatic hydroxyl groups is 1. The van der Waals surface area contributed by atoms with Crippen molar-refractivity contribution in [3.63, 3.8) is 0 Å². The molecule has 0 atom stereocenters. The van der Waals surface area contributed by atoms with Gasteiger partial charge >= 0.3 is 0 Å². The van der Waals surface area contributed by atoms with Crippen molar-refractivity contribution >= 4 is 17.2 Å². The molecular formula is C25H31N5O2S. The normalized spacial score (nSPS) is 19.6. The van der Waals surface area contributed by atoms with E-state index < -0.39 is 5.60 Å². The molecule has 4 heterocycles. The molecule has 2 saturated heterocycles. The molecule has 0 saturated carbocycles. The molecule has 3 aromatic rings. The van der Waals surface area contributed by atoms with Crippen molar-refractivity contribution in [2.75, 3.05) is 44.2 Å². The predicted molar refractivity (Wildman–Crippen MR) is 130 cm³/mol. The number of phenolic OH excluding ortho intramolecular Hbond substituents is 1. The maximum atomic E-state index is 11.3. The van der Waals surface area contributed by atoms with E-state index in [0.717, 1.165) is 67.9 Å². The standard InChI is InChI=1S/C25H31N5O2S/c31-21-6-2-1-5-20(21)17-28-11-8-25(32,9-12-28)22-19-33-24(27-22)18-29-13-15-30(16-14-29)23-7-3-4-10-26-23/h1-7,10,19,31-32H,8-9,11-18H2. The molecule has 0 unspecified atom stereocenters. The highest BCUT2D eigenvalue weighted by Crippen LogP contribution is 2.34. The van der Waals surface area contributed by atoms with Crippen molar-refractivity contribution in [1.82, 2.24) is 19.8 Å². The van der Waals surface area contributed by atoms with Crippen LogP contribution in [0.5, 0.6) is 5.75 Å². The van der Waals surface area contributed by atoms with Gasteiger partial charge in [-0.3, -0.25) is 9.80 Å². The summed E-state index contributed by atoms with van der Waals surface area (Å²) < 4.78 is 0. The number of aromatic nitrogens is 2. The van der Waals surface area contributed by atoms with Crippen LogP contribution in [0.3, 0.4) is 0 Å². The quantitative estimate of drug-likeness (QED) is 0.580. The molecule has 7 nitrogen and oxygen atoms in total. The van der Waals surface area contributed by atoms with Crippen LogP contribution >= 0.6 is 11.3 Å². The maximum Gasteiger partial charge on any atom is 0.128 e. The molecule has 2 fully saturated rings. The van der Waals surface area contributed by atoms with E-state index in [1.165, 1.54) is 0 Å². The maximum absolute atomic E-state index is 11.3. The second kappa shape index (κ2) is 9.77. The SMILES string of the molecule is Oc1ccccc1CN1CCC(O)(c2csc(CN3CCN(c4ccccn4)CC3)n2)CC1. The molecule has 2 aliphatic heterocycles. The Kier molecular flexibility index (Phi) is 6.59. The Hall–Kier alpha value is -2.52. The number of thiazole rings is 1. The minimum Gasteiger partial charge on any atom is -0.508 e. The highest BCUT2D eigenvalue weighted by atomic mass is 32.1. The Balaban J connectivity index is 1.13. The van der Waals surface area contributed by atoms with Gasteiger partial charge in [0.05, 0.1) is 12.2 Å². The Labute approximate surface area is 198 Å². The summed E-state index contributed by atoms with van der Waals surface area (Å²) in [7, 11) is 0. The van der Waals surface area contributed by atoms with Gasteiger partial charge in [-0.15, -0.1) is 11.3 Å². The fraction of sp³-hybridized carbons (Fsp3) is 0.440. The summed E-state index contributed by atoms with van der Waals surface area (Å²) in [5.74, 6) is 1.38. The van der Waals surface area contributed by atoms with Crippen molar-refractivity contribution in [2.45, 2.75) is 31.5 Å². The van der Waals surface area contributed by atoms with E-state index in [1.807, 2.05) is 41.9 Å². The summed E-state index contributed by atoms with van der Waals surface area (Å²) in [4.78, 5) is 16.4. The number of likely N-dealkylation sites (tertiary alicyclic amines) is 1. The van der Waals surface area contributed by atoms with Gasteiger partial charge in [-0.2, -0.15) is 0 Å². The van der Waals surface area contributed by atoms with Crippen molar-refractivity contribution < 1.29 is 10.2 Å². The molecule has 8 heteroatoms. The van der Waals surface area contributed by atoms with E-state index in [1.54, 1.807) is 17.4 Å². The first-order chi connectivity index (χ1) is 16.1. The highest BCUT2D eigenvalue weighted by molar-refractivity contribution is 7.09. The lowest BCUT2D eigenvalue weighted by Gasteiger charge is -2.37. The molecule has 33 heavy (non-hydrogen) atoms. The molecule has 2 aromatic heterocycles. The number of aliphatic hydroxyl groups is 1. The number of rotatable bonds is 6. The third-order valence-electron chi connectivity index (χ3n) is 6.80. The monoisotopic (exact) mass is 465 g/mol. The van der Waals surface area contributed by atoms with Crippen molar-refractivity contribution in [3.05, 3.63) is 70.3 Å². The van der Waals surface area contributed by atoms with E-state index in [9.17, 15) is 10.2 Å². The average Bonchev–Trinajstić information content (AvgIpc) is 3.33. The van der Waals surface area contributed by atoms with Crippen LogP contribution in [0.1, 0.15) is 29.1 Å². The molecule has 5 rings (SSSR count). The Morgan fingerprint density at radius 3 is 2.33 bits per heavy atom. The molecule has 0 spiro atoms. The van der Waals surface area contributed by atoms with Crippen LogP contribution in [0, 0.1) is 0 Å². The van der Waals surface area contributed by atoms with Crippen molar-refractivity contribution in [2.24, 2.45) is 0 Å². The fourth-order valence-corrected chi connectivity index (χ4v) is 5.61. The van der Waals surface area contributed by atoms with Crippen LogP contribution in [0.15, 0.2) is 54.0 Å². The minimum atomic E-state index is -0.859. The molecule has 174 valence electrons. The first-order valence-electron chi connectivity index (χ1n) is 11.6. The minimum absolute atomic E-state index is 0.336. The molecule has 0 aliphatic carbocycles. The molecule has 1 aromatic carbocycles. The summed E-state index contributed by atoms with van der Waals surface area (Å²) in [5, 5.41) is 24.4. The Bertz CT molecular complexity index is 1040. The summed E-state index contributed by atoms with van der Waals surface area (Å²) in [6.45, 7) is 7.00. The Morgan fingerprint density at radius 2 is 1.61 bits per heavy atom. The van der Waals surface area contributed by atoms with Crippen LogP contribution in [0.25, 0.3) is 0 Å². The van der Waals surface area contributed by atoms with Gasteiger partial charge in [0, 0.05) is 63.0 Å². The van der Waals surface area contributed by atoms with Gasteiger partial charge in [-0.25, -0.2) is 9.97 Å². The average molecular weight is 466 g/mol. The van der Waals surface area contributed by atoms with Gasteiger partial charge in [0.25, 0.3) is 0 Å². The molecule has 0 amide bonds. The van der Waals surface area contributed by atoms with Gasteiger partial charge in [-0.05, 0) is 31.0 Å². The number of nitrogens with zero attached hydrogens (tertiary/aromatic N) is 5. The first-order valence-corrected chi connectivity index (χ1v) is 12.5. The van der Waals surface area contributed by atoms with Crippen LogP contribution in [0.4, 0.5) is 5.82 Å². The van der Waals surface area contributed by atoms with Gasteiger partial charge in [-0.1, -0.05) is 24.3 Å². The van der Waals surface area contributed by atoms with Crippen LogP contribution in [0.2, 0.25) is 0 Å². The second-order valence-corrected chi connectivity index (χ2v) is 9.96. The molecular weight excluding hydrogens is 434 g/mol. The smallest absolute Gasteiger partial charge is 0.128 e. The second-order valence-electron chi connectivity index (χ2n) is 9.01. The summed E-state index contributed by atoms with van der Waals surface area (Å²) in [5.41, 5.74) is 0.889. The number of benzene rings is 1. The summed E-state index contributed by atoms with van der Waals surface area (Å²) in [6, 6.07) is 13.5. The zero-order valence-corrected chi connectivity index (χ0v) is 19.6. The molecule has 2 N–H and O–H groups in total. The van der Waals surface area contributed by atoms with Crippen LogP contribution in [-0.2, 0) is 18.7 Å². The number of anilines is 1. The summed E-state index contributed by atoms with van der Waals surface area (Å²) >= 11 is 1.65. The van der Waals surface area contributed by atoms with Crippen LogP contribution < -0.4 is 4.90 Å². The van der Waals surface area contributed by atoms with Gasteiger partial charge in [0.2, 0.25) is 0 Å². The van der Waals surface area contributed by atoms with Gasteiger partial charge in [0.15, 0.2) is 0 Å². The topological polar surface area (TPSA) is 76.0 Å². The lowest BCUT2D eigenvalue weighted by Crippen LogP contribution is -2.46. The fourth-order valence-electron chi connectivity index (χ4n) is 4.69. The number of phenols is 1. The number of hydrogen-bond donors (Lipinski definition) is 2. The third kappa shape index (κ3) is 5.19. The molecule has 0 radical (unpaired) electrons. The number of piperazine rings is 1. The first kappa shape index (κ1) is 22.3. The summed E-state index contributed by atoms with van der Waals surface area (Å²) in [6.07, 6.45) is 3.17. The van der Waals surface area contributed by atoms with Crippen molar-refractivity contribution in [1.29, 1.82) is 0 Å². The van der Waals surface area contributed by atoms with Crippen LogP contribution in [-0.4, -0.2) is 69.2 Å². The lowest BCUT2D eigenvalue weighted by atomic mass is 9.88. The molecule has 2 aliphatic rings. The number of pyridine rings is 1. The van der Waals surface area contributed by atoms with Gasteiger partial charge in [0.1, 0.15) is 22.2 Å². The molecule has 0 bridgehead atoms. The highest BCUT2D eigenvalue weighted by Gasteiger charge is 2.36. The van der Waals surface area contributed by atoms with E-state index in [0.29, 0.717) is 25.1 Å². The van der Waals surface area contributed by atoms with Gasteiger partial charge < -0.3 is 15.1 Å². The number of hydrogen-bond acceptors (Lipinski definition) is 8. The predicted octanol–water partition coefficient (Wildman–Crippen LogP) is 3.05. The lowest BCUT2D eigenvalue weighted by molar-refractivity contribution is -0.0308. The number of para-hydroxylation sites is 1. The van der Waals surface area contributed by atoms with E-state index in [4.69, 9.17) is 4.98 Å². The Morgan fingerprint density at radius 1 is 0.879 bits per heavy atom. The third-order valence-corrected chi connectivity index (χ3v) is 7.64. The van der Waals surface area contributed by atoms with E-state index in [2.05, 4.69) is 25.8 Å². The number of piperidine rings is 1. The van der Waals surface area contributed by atoms with E-state index >= 15 is 0 Å². The van der Waals surface area contributed by atoms with E-state index in [-0.39, 0.29) is 0 Å². The zero-order valence-electron chi connectivity index (χ0n) is 18.8. The van der Waals surface area contributed by atoms with Crippen molar-refractivity contribution in [3.8, 4) is 5.75 Å². The largest absolute Gasteiger partial charge is 0.508 e. The zero-order chi connectivity index (χ0) is 22.7.